The molecule has 23 heavy (non-hydrogen) atoms. The molecular formula is C14H10FN3O3S2. The van der Waals surface area contributed by atoms with E-state index in [1.54, 1.807) is 6.07 Å². The molecule has 1 N–H and O–H groups in total. The Kier molecular flexibility index (Phi) is 2.45. The Morgan fingerprint density at radius 3 is 3.00 bits per heavy atom. The van der Waals surface area contributed by atoms with Gasteiger partial charge in [0.2, 0.25) is 0 Å². The first-order valence-electron chi connectivity index (χ1n) is 7.03. The van der Waals surface area contributed by atoms with Crippen LogP contribution in [0.2, 0.25) is 0 Å². The first-order valence-corrected chi connectivity index (χ1v) is 9.74. The predicted octanol–water partition coefficient (Wildman–Crippen LogP) is 1.46. The van der Waals surface area contributed by atoms with Crippen LogP contribution >= 0.6 is 11.8 Å². The number of aromatic amines is 1. The molecule has 0 unspecified atom stereocenters. The molecule has 118 valence electrons. The summed E-state index contributed by atoms with van der Waals surface area (Å²) in [5.74, 6) is -0.356. The number of nitrogens with one attached hydrogen (secondary N) is 1. The van der Waals surface area contributed by atoms with Crippen LogP contribution in [0.1, 0.15) is 6.04 Å². The zero-order valence-corrected chi connectivity index (χ0v) is 13.2. The lowest BCUT2D eigenvalue weighted by Gasteiger charge is -2.09. The molecular weight excluding hydrogens is 341 g/mol. The van der Waals surface area contributed by atoms with Crippen molar-refractivity contribution in [2.45, 2.75) is 16.4 Å². The Morgan fingerprint density at radius 1 is 1.35 bits per heavy atom. The summed E-state index contributed by atoms with van der Waals surface area (Å²) in [4.78, 5) is 20.3. The molecule has 0 spiro atoms. The molecule has 2 aliphatic heterocycles. The molecule has 0 amide bonds. The van der Waals surface area contributed by atoms with E-state index in [-0.39, 0.29) is 28.4 Å². The molecule has 0 saturated carbocycles. The third-order valence-corrected chi connectivity index (χ3v) is 7.65. The number of halogens is 1. The van der Waals surface area contributed by atoms with Crippen LogP contribution in [0.25, 0.3) is 21.9 Å². The van der Waals surface area contributed by atoms with Gasteiger partial charge in [0, 0.05) is 16.2 Å². The summed E-state index contributed by atoms with van der Waals surface area (Å²) in [5.41, 5.74) is 1.07. The fourth-order valence-electron chi connectivity index (χ4n) is 3.44. The first kappa shape index (κ1) is 13.6. The summed E-state index contributed by atoms with van der Waals surface area (Å²) in [5, 5.41) is 0.901. The number of thioether (sulfide) groups is 1. The lowest BCUT2D eigenvalue weighted by molar-refractivity contribution is 0.524. The summed E-state index contributed by atoms with van der Waals surface area (Å²) in [6.45, 7) is 0. The van der Waals surface area contributed by atoms with E-state index in [0.717, 1.165) is 0 Å². The van der Waals surface area contributed by atoms with Gasteiger partial charge in [-0.25, -0.2) is 17.8 Å². The van der Waals surface area contributed by atoms with Gasteiger partial charge in [-0.2, -0.15) is 0 Å². The lowest BCUT2D eigenvalue weighted by atomic mass is 10.2. The number of benzene rings is 1. The highest BCUT2D eigenvalue weighted by Crippen LogP contribution is 2.44. The fraction of sp³-hybridized carbons (Fsp3) is 0.286. The zero-order chi connectivity index (χ0) is 15.9. The van der Waals surface area contributed by atoms with Crippen molar-refractivity contribution in [3.8, 4) is 0 Å². The van der Waals surface area contributed by atoms with Crippen LogP contribution in [0, 0.1) is 5.82 Å². The second-order valence-electron chi connectivity index (χ2n) is 5.91. The van der Waals surface area contributed by atoms with E-state index in [2.05, 4.69) is 9.97 Å². The van der Waals surface area contributed by atoms with Gasteiger partial charge in [0.1, 0.15) is 16.9 Å². The van der Waals surface area contributed by atoms with E-state index in [9.17, 15) is 17.6 Å². The minimum atomic E-state index is -3.12. The molecule has 5 rings (SSSR count). The van der Waals surface area contributed by atoms with Crippen molar-refractivity contribution in [3.63, 3.8) is 0 Å². The van der Waals surface area contributed by atoms with Crippen molar-refractivity contribution in [1.29, 1.82) is 0 Å². The van der Waals surface area contributed by atoms with Crippen LogP contribution in [0.3, 0.4) is 0 Å². The van der Waals surface area contributed by atoms with Crippen LogP contribution in [-0.2, 0) is 9.84 Å². The van der Waals surface area contributed by atoms with Gasteiger partial charge < -0.3 is 4.98 Å². The monoisotopic (exact) mass is 351 g/mol. The lowest BCUT2D eigenvalue weighted by Crippen LogP contribution is -2.27. The normalized spacial score (nSPS) is 25.1. The molecule has 2 atom stereocenters. The van der Waals surface area contributed by atoms with Gasteiger partial charge in [-0.3, -0.25) is 9.36 Å². The number of hydrogen-bond acceptors (Lipinski definition) is 5. The highest BCUT2D eigenvalue weighted by molar-refractivity contribution is 8.02. The van der Waals surface area contributed by atoms with Gasteiger partial charge >= 0.3 is 0 Å². The third-order valence-electron chi connectivity index (χ3n) is 4.44. The molecule has 6 nitrogen and oxygen atoms in total. The minimum absolute atomic E-state index is 0.0282. The van der Waals surface area contributed by atoms with Crippen LogP contribution < -0.4 is 5.56 Å². The minimum Gasteiger partial charge on any atom is -0.349 e. The number of H-pyrrole nitrogens is 1. The molecule has 0 bridgehead atoms. The van der Waals surface area contributed by atoms with E-state index in [4.69, 9.17) is 0 Å². The van der Waals surface area contributed by atoms with E-state index in [1.807, 2.05) is 0 Å². The van der Waals surface area contributed by atoms with E-state index in [1.165, 1.54) is 28.5 Å². The summed E-state index contributed by atoms with van der Waals surface area (Å²) >= 11 is 1.32. The number of sulfone groups is 1. The Hall–Kier alpha value is -1.87. The quantitative estimate of drug-likeness (QED) is 0.620. The molecule has 0 radical (unpaired) electrons. The zero-order valence-electron chi connectivity index (χ0n) is 11.6. The van der Waals surface area contributed by atoms with Crippen molar-refractivity contribution in [2.24, 2.45) is 0 Å². The standard InChI is InChI=1S/C14H10FN3O3S2/c15-6-1-2-8-7(3-6)11-12(16-8)13(19)18-9-4-23(20,21)5-10(9)22-14(18)17-11/h1-3,9-10,16H,4-5H2/t9-,10-/m1/s1. The van der Waals surface area contributed by atoms with Crippen molar-refractivity contribution in [2.75, 3.05) is 11.5 Å². The average molecular weight is 351 g/mol. The van der Waals surface area contributed by atoms with Crippen LogP contribution in [0.5, 0.6) is 0 Å². The highest BCUT2D eigenvalue weighted by atomic mass is 32.2. The second-order valence-corrected chi connectivity index (χ2v) is 9.27. The Balaban J connectivity index is 1.84. The van der Waals surface area contributed by atoms with Gasteiger partial charge in [0.15, 0.2) is 15.0 Å². The number of hydrogen-bond donors (Lipinski definition) is 1. The maximum Gasteiger partial charge on any atom is 0.278 e. The molecule has 0 aliphatic carbocycles. The third kappa shape index (κ3) is 1.77. The van der Waals surface area contributed by atoms with Crippen molar-refractivity contribution < 1.29 is 12.8 Å². The van der Waals surface area contributed by atoms with Crippen molar-refractivity contribution in [1.82, 2.24) is 14.5 Å². The number of nitrogens with zero attached hydrogens (tertiary/aromatic N) is 2. The number of rotatable bonds is 0. The molecule has 4 heterocycles. The smallest absolute Gasteiger partial charge is 0.278 e. The van der Waals surface area contributed by atoms with E-state index < -0.39 is 15.7 Å². The Morgan fingerprint density at radius 2 is 2.17 bits per heavy atom. The van der Waals surface area contributed by atoms with Gasteiger partial charge in [0.25, 0.3) is 5.56 Å². The van der Waals surface area contributed by atoms with Crippen LogP contribution in [0.15, 0.2) is 28.2 Å². The molecule has 2 aromatic heterocycles. The van der Waals surface area contributed by atoms with Gasteiger partial charge in [-0.15, -0.1) is 0 Å². The summed E-state index contributed by atoms with van der Waals surface area (Å²) in [6.07, 6.45) is 0. The molecule has 3 aromatic rings. The topological polar surface area (TPSA) is 84.8 Å². The SMILES string of the molecule is O=c1c2[nH]c3ccc(F)cc3c2nc2n1[C@@H]1CS(=O)(=O)C[C@H]1S2. The highest BCUT2D eigenvalue weighted by Gasteiger charge is 2.46. The number of aromatic nitrogens is 3. The largest absolute Gasteiger partial charge is 0.349 e. The Labute approximate surface area is 133 Å². The molecule has 2 aliphatic rings. The molecule has 1 fully saturated rings. The maximum absolute atomic E-state index is 13.5. The van der Waals surface area contributed by atoms with E-state index >= 15 is 0 Å². The average Bonchev–Trinajstić information content (AvgIpc) is 3.07. The summed E-state index contributed by atoms with van der Waals surface area (Å²) in [6, 6.07) is 3.87. The summed E-state index contributed by atoms with van der Waals surface area (Å²) in [7, 11) is -3.12. The maximum atomic E-state index is 13.5. The van der Waals surface area contributed by atoms with Crippen molar-refractivity contribution in [3.05, 3.63) is 34.4 Å². The molecule has 1 aromatic carbocycles. The summed E-state index contributed by atoms with van der Waals surface area (Å²) < 4.78 is 38.6. The van der Waals surface area contributed by atoms with Crippen LogP contribution in [0.4, 0.5) is 4.39 Å². The first-order chi connectivity index (χ1) is 10.9. The fourth-order valence-corrected chi connectivity index (χ4v) is 7.34. The molecule has 1 saturated heterocycles. The Bertz CT molecular complexity index is 1170. The molecule has 9 heteroatoms. The number of fused-ring (bicyclic) bond motifs is 6. The van der Waals surface area contributed by atoms with Crippen LogP contribution in [-0.4, -0.2) is 39.7 Å². The van der Waals surface area contributed by atoms with E-state index in [0.29, 0.717) is 27.1 Å². The van der Waals surface area contributed by atoms with Gasteiger partial charge in [-0.05, 0) is 18.2 Å². The predicted molar refractivity (Wildman–Crippen MR) is 85.2 cm³/mol. The van der Waals surface area contributed by atoms with Gasteiger partial charge in [-0.1, -0.05) is 11.8 Å². The second kappa shape index (κ2) is 4.15. The van der Waals surface area contributed by atoms with Gasteiger partial charge in [0.05, 0.1) is 17.5 Å². The van der Waals surface area contributed by atoms with Crippen molar-refractivity contribution >= 4 is 43.5 Å².